The lowest BCUT2D eigenvalue weighted by Gasteiger charge is -2.63. The third-order valence-electron chi connectivity index (χ3n) is 16.4. The van der Waals surface area contributed by atoms with Crippen molar-refractivity contribution in [3.05, 3.63) is 101 Å². The van der Waals surface area contributed by atoms with E-state index in [1.165, 1.54) is 21.1 Å². The fourth-order valence-electron chi connectivity index (χ4n) is 14.1. The molecule has 6 heterocycles. The number of methoxy groups -OCH3 is 4. The van der Waals surface area contributed by atoms with Crippen molar-refractivity contribution in [2.75, 3.05) is 73.1 Å². The van der Waals surface area contributed by atoms with E-state index in [4.69, 9.17) is 23.7 Å². The molecule has 67 heavy (non-hydrogen) atoms. The van der Waals surface area contributed by atoms with Gasteiger partial charge in [-0.25, -0.2) is 4.79 Å². The Bertz CT molecular complexity index is 2760. The van der Waals surface area contributed by atoms with Crippen LogP contribution in [0.4, 0.5) is 5.69 Å². The molecule has 0 radical (unpaired) electrons. The maximum absolute atomic E-state index is 15.6. The number of aliphatic hydroxyl groups is 2. The minimum absolute atomic E-state index is 0.224. The summed E-state index contributed by atoms with van der Waals surface area (Å²) in [6.07, 6.45) is 4.84. The highest BCUT2D eigenvalue weighted by Gasteiger charge is 2.80. The first-order chi connectivity index (χ1) is 32.2. The molecule has 1 aromatic heterocycles. The summed E-state index contributed by atoms with van der Waals surface area (Å²) in [4.78, 5) is 53.5. The number of nitrogens with one attached hydrogen (secondary N) is 1. The van der Waals surface area contributed by atoms with E-state index in [0.717, 1.165) is 27.6 Å². The Kier molecular flexibility index (Phi) is 10.8. The second-order valence-electron chi connectivity index (χ2n) is 19.6. The second-order valence-corrected chi connectivity index (χ2v) is 19.6. The lowest BCUT2D eigenvalue weighted by Crippen LogP contribution is -2.81. The van der Waals surface area contributed by atoms with E-state index in [-0.39, 0.29) is 24.8 Å². The van der Waals surface area contributed by atoms with Gasteiger partial charge in [0.1, 0.15) is 22.5 Å². The van der Waals surface area contributed by atoms with Crippen LogP contribution in [-0.2, 0) is 45.8 Å². The average Bonchev–Trinajstić information content (AvgIpc) is 4.00. The van der Waals surface area contributed by atoms with Crippen LogP contribution in [0, 0.1) is 23.2 Å². The number of aromatic nitrogens is 1. The fraction of sp³-hybridized carbons (Fsp3) is 0.491. The minimum Gasteiger partial charge on any atom is -0.497 e. The number of hydrogen-bond donors (Lipinski definition) is 3. The Morgan fingerprint density at radius 1 is 0.910 bits per heavy atom. The van der Waals surface area contributed by atoms with Crippen LogP contribution in [0.2, 0.25) is 0 Å². The highest BCUT2D eigenvalue weighted by molar-refractivity contribution is 5.95. The zero-order valence-electron chi connectivity index (χ0n) is 39.3. The van der Waals surface area contributed by atoms with Crippen LogP contribution in [0.3, 0.4) is 0 Å². The Balaban J connectivity index is 1.22. The topological polar surface area (TPSA) is 163 Å². The molecule has 5 aliphatic heterocycles. The molecule has 6 aliphatic rings. The number of carbonyl (C=O) groups is 3. The van der Waals surface area contributed by atoms with Gasteiger partial charge in [0.2, 0.25) is 5.60 Å². The number of esters is 3. The van der Waals surface area contributed by atoms with E-state index in [9.17, 15) is 19.8 Å². The third-order valence-corrected chi connectivity index (χ3v) is 16.4. The van der Waals surface area contributed by atoms with Crippen molar-refractivity contribution in [1.82, 2.24) is 14.8 Å². The molecule has 3 N–H and O–H groups in total. The van der Waals surface area contributed by atoms with E-state index in [0.29, 0.717) is 80.4 Å². The van der Waals surface area contributed by atoms with Crippen molar-refractivity contribution in [1.29, 1.82) is 0 Å². The van der Waals surface area contributed by atoms with Gasteiger partial charge < -0.3 is 43.8 Å². The number of aromatic amines is 1. The number of ether oxygens (including phenoxy) is 5. The number of benzene rings is 3. The summed E-state index contributed by atoms with van der Waals surface area (Å²) in [6, 6.07) is 18.2. The molecule has 0 amide bonds. The molecular weight excluding hydrogens is 853 g/mol. The summed E-state index contributed by atoms with van der Waals surface area (Å²) in [6.45, 7) is 6.09. The number of piperidine rings is 1. The van der Waals surface area contributed by atoms with Crippen molar-refractivity contribution >= 4 is 34.5 Å². The van der Waals surface area contributed by atoms with Gasteiger partial charge in [-0.05, 0) is 92.1 Å². The Morgan fingerprint density at radius 3 is 2.37 bits per heavy atom. The minimum atomic E-state index is -2.34. The number of hydrogen-bond acceptors (Lipinski definition) is 13. The van der Waals surface area contributed by atoms with Crippen molar-refractivity contribution in [3.8, 4) is 23.3 Å². The highest BCUT2D eigenvalue weighted by Crippen LogP contribution is 2.68. The quantitative estimate of drug-likeness (QED) is 0.102. The summed E-state index contributed by atoms with van der Waals surface area (Å²) in [7, 11) is 7.71. The van der Waals surface area contributed by atoms with Crippen LogP contribution in [0.25, 0.3) is 10.9 Å². The van der Waals surface area contributed by atoms with E-state index < -0.39 is 57.5 Å². The fourth-order valence-corrected chi connectivity index (χ4v) is 14.1. The standard InChI is InChI=1S/C53H60N4O10/c1-8-50-20-11-23-57-25-22-51(44(50)57)38-26-39(42(64-5)27-41(38)55(3)45(51)53(62,48(60)66-7)46(50)67-32(2)58)52(47(59)65-6)29-34-28-49(61,21-18-33-14-16-35(63-4)17-15-33)31-56(30-34)24-19-37-36-12-9-10-13-40(36)54-43(37)52/h9-17,20,26-27,34,44-46,54,61-62H,8,19,22-25,28-31H2,1-7H3/t34-,44-,45+,46+,49-,50+,51+,52-,53-/m0/s1. The number of likely N-dealkylation sites (N-methyl/N-ethyl adjacent to an activating group) is 1. The number of fused-ring (bicyclic) bond motifs is 6. The summed E-state index contributed by atoms with van der Waals surface area (Å²) in [5, 5.41) is 26.9. The molecule has 352 valence electrons. The first-order valence-electron chi connectivity index (χ1n) is 23.3. The van der Waals surface area contributed by atoms with Gasteiger partial charge in [0, 0.05) is 96.5 Å². The zero-order chi connectivity index (χ0) is 47.3. The lowest BCUT2D eigenvalue weighted by atomic mass is 9.47. The molecule has 2 bridgehead atoms. The van der Waals surface area contributed by atoms with Crippen molar-refractivity contribution < 1.29 is 48.3 Å². The number of para-hydroxylation sites is 1. The largest absolute Gasteiger partial charge is 0.497 e. The molecule has 3 fully saturated rings. The lowest BCUT2D eigenvalue weighted by molar-refractivity contribution is -0.228. The predicted octanol–water partition coefficient (Wildman–Crippen LogP) is 4.64. The second kappa shape index (κ2) is 16.2. The van der Waals surface area contributed by atoms with Gasteiger partial charge in [0.15, 0.2) is 6.10 Å². The van der Waals surface area contributed by atoms with E-state index in [1.807, 2.05) is 79.6 Å². The van der Waals surface area contributed by atoms with Gasteiger partial charge >= 0.3 is 17.9 Å². The summed E-state index contributed by atoms with van der Waals surface area (Å²) >= 11 is 0. The third kappa shape index (κ3) is 6.34. The van der Waals surface area contributed by atoms with Gasteiger partial charge in [-0.15, -0.1) is 0 Å². The Hall–Kier alpha value is -5.85. The molecule has 1 saturated carbocycles. The molecule has 2 saturated heterocycles. The predicted molar refractivity (Wildman–Crippen MR) is 250 cm³/mol. The van der Waals surface area contributed by atoms with Gasteiger partial charge in [-0.3, -0.25) is 19.4 Å². The maximum atomic E-state index is 15.6. The van der Waals surface area contributed by atoms with Crippen molar-refractivity contribution in [3.63, 3.8) is 0 Å². The Labute approximate surface area is 391 Å². The van der Waals surface area contributed by atoms with Crippen LogP contribution >= 0.6 is 0 Å². The summed E-state index contributed by atoms with van der Waals surface area (Å²) in [5.41, 5.74) is -1.84. The molecule has 1 unspecified atom stereocenters. The van der Waals surface area contributed by atoms with E-state index >= 15 is 4.79 Å². The smallest absolute Gasteiger partial charge is 0.344 e. The molecule has 1 spiro atoms. The van der Waals surface area contributed by atoms with Crippen LogP contribution in [0.1, 0.15) is 67.5 Å². The number of H-pyrrole nitrogens is 1. The summed E-state index contributed by atoms with van der Waals surface area (Å²) in [5.74, 6) is 5.33. The zero-order valence-corrected chi connectivity index (χ0v) is 39.3. The number of nitrogens with zero attached hydrogens (tertiary/aromatic N) is 3. The van der Waals surface area contributed by atoms with Gasteiger partial charge in [-0.2, -0.15) is 0 Å². The maximum Gasteiger partial charge on any atom is 0.344 e. The molecule has 10 atom stereocenters. The molecule has 4 aromatic rings. The number of rotatable bonds is 7. The van der Waals surface area contributed by atoms with Gasteiger partial charge in [-0.1, -0.05) is 49.1 Å². The normalized spacial score (nSPS) is 33.6. The first kappa shape index (κ1) is 45.0. The molecule has 14 heteroatoms. The van der Waals surface area contributed by atoms with Gasteiger partial charge in [0.25, 0.3) is 0 Å². The van der Waals surface area contributed by atoms with Crippen LogP contribution < -0.4 is 14.4 Å². The van der Waals surface area contributed by atoms with Crippen LogP contribution in [0.15, 0.2) is 72.8 Å². The van der Waals surface area contributed by atoms with Crippen LogP contribution in [0.5, 0.6) is 11.5 Å². The molecular formula is C53H60N4O10. The van der Waals surface area contributed by atoms with Gasteiger partial charge in [0.05, 0.1) is 34.5 Å². The molecule has 14 nitrogen and oxygen atoms in total. The molecule has 3 aromatic carbocycles. The van der Waals surface area contributed by atoms with Crippen molar-refractivity contribution in [2.24, 2.45) is 11.3 Å². The SMILES string of the molecule is CC[C@]12C=CCN3CC[C@@]4(c5cc([C@@]6(C(=O)OC)C[C@H]7CN(CCc8c6[nH]c6ccccc86)C[C@](O)(C#Cc6ccc(OC)cc6)C7)c(OC)cc5N(C)[C@H]4[C@@](O)(C(=O)OC)[C@@H]1OC(C)=O)[C@@H]32. The highest BCUT2D eigenvalue weighted by atomic mass is 16.6. The average molecular weight is 913 g/mol. The summed E-state index contributed by atoms with van der Waals surface area (Å²) < 4.78 is 29.5. The molecule has 10 rings (SSSR count). The monoisotopic (exact) mass is 912 g/mol. The van der Waals surface area contributed by atoms with E-state index in [2.05, 4.69) is 38.8 Å². The van der Waals surface area contributed by atoms with Crippen LogP contribution in [-0.4, -0.2) is 141 Å². The van der Waals surface area contributed by atoms with Crippen molar-refractivity contribution in [2.45, 2.75) is 86.2 Å². The number of anilines is 1. The number of carbonyl (C=O) groups excluding carboxylic acids is 3. The molecule has 1 aliphatic carbocycles. The Morgan fingerprint density at radius 2 is 1.67 bits per heavy atom. The first-order valence-corrected chi connectivity index (χ1v) is 23.3. The van der Waals surface area contributed by atoms with E-state index in [1.54, 1.807) is 14.2 Å².